The zero-order valence-corrected chi connectivity index (χ0v) is 21.8. The van der Waals surface area contributed by atoms with Gasteiger partial charge in [0.1, 0.15) is 23.3 Å². The van der Waals surface area contributed by atoms with Crippen molar-refractivity contribution in [1.82, 2.24) is 20.4 Å². The van der Waals surface area contributed by atoms with E-state index in [0.29, 0.717) is 38.4 Å². The summed E-state index contributed by atoms with van der Waals surface area (Å²) in [7, 11) is 0. The van der Waals surface area contributed by atoms with Crippen molar-refractivity contribution < 1.29 is 27.0 Å². The Labute approximate surface area is 230 Å². The highest BCUT2D eigenvalue weighted by molar-refractivity contribution is 5.50. The first kappa shape index (κ1) is 28.4. The smallest absolute Gasteiger partial charge is 0.222 e. The van der Waals surface area contributed by atoms with Gasteiger partial charge in [0, 0.05) is 75.6 Å². The van der Waals surface area contributed by atoms with Gasteiger partial charge in [-0.05, 0) is 24.3 Å². The van der Waals surface area contributed by atoms with Crippen LogP contribution in [0.1, 0.15) is 23.3 Å². The van der Waals surface area contributed by atoms with E-state index < -0.39 is 35.5 Å². The molecule has 0 radical (unpaired) electrons. The minimum absolute atomic E-state index is 0.160. The number of nitrogens with one attached hydrogen (secondary N) is 2. The molecule has 4 atom stereocenters. The van der Waals surface area contributed by atoms with Crippen LogP contribution in [-0.4, -0.2) is 87.5 Å². The summed E-state index contributed by atoms with van der Waals surface area (Å²) < 4.78 is 66.0. The van der Waals surface area contributed by atoms with E-state index in [4.69, 9.17) is 22.6 Å². The van der Waals surface area contributed by atoms with Crippen LogP contribution in [0.15, 0.2) is 24.3 Å². The maximum atomic E-state index is 13.9. The molecule has 12 heteroatoms. The summed E-state index contributed by atoms with van der Waals surface area (Å²) in [5.41, 5.74) is 0.226. The SMILES string of the molecule is [C-]#[N+]c1cc([C@@H]2CN3CCNC[C@H]3CO2)c(F)cc1F.[C-]#[N+]c1cc([C@H]2CN3CCNC[C@H]3CO2)c(F)cc1F. The standard InChI is InChI=1S/2C14H15F2N3O/c2*1-17-13-4-10(11(15)5-12(13)16)14-7-19-3-2-18-6-9(19)8-20-14/h2*4-5,9,14,18H,2-3,6-8H2/t9-,14+;9-,14-/m00/s1. The molecule has 0 bridgehead atoms. The summed E-state index contributed by atoms with van der Waals surface area (Å²) in [5, 5.41) is 6.58. The average molecular weight is 559 g/mol. The molecule has 0 saturated carbocycles. The predicted molar refractivity (Wildman–Crippen MR) is 139 cm³/mol. The molecule has 2 aromatic carbocycles. The highest BCUT2D eigenvalue weighted by Gasteiger charge is 2.34. The first-order chi connectivity index (χ1) is 19.4. The fraction of sp³-hybridized carbons (Fsp3) is 0.500. The van der Waals surface area contributed by atoms with Gasteiger partial charge in [-0.2, -0.15) is 0 Å². The Bertz CT molecular complexity index is 1220. The molecule has 0 unspecified atom stereocenters. The molecule has 0 aromatic heterocycles. The van der Waals surface area contributed by atoms with Gasteiger partial charge in [-0.1, -0.05) is 0 Å². The molecule has 2 N–H and O–H groups in total. The second-order valence-corrected chi connectivity index (χ2v) is 10.2. The summed E-state index contributed by atoms with van der Waals surface area (Å²) in [5.74, 6) is -2.93. The number of morpholine rings is 2. The van der Waals surface area contributed by atoms with Gasteiger partial charge < -0.3 is 20.1 Å². The molecule has 6 rings (SSSR count). The van der Waals surface area contributed by atoms with Crippen LogP contribution in [0.5, 0.6) is 0 Å². The Morgan fingerprint density at radius 1 is 0.675 bits per heavy atom. The van der Waals surface area contributed by atoms with Crippen LogP contribution in [0.2, 0.25) is 0 Å². The van der Waals surface area contributed by atoms with Gasteiger partial charge in [-0.3, -0.25) is 9.80 Å². The van der Waals surface area contributed by atoms with Gasteiger partial charge in [0.05, 0.1) is 38.6 Å². The fourth-order valence-electron chi connectivity index (χ4n) is 5.55. The molecule has 40 heavy (non-hydrogen) atoms. The van der Waals surface area contributed by atoms with Crippen LogP contribution in [0.25, 0.3) is 9.69 Å². The van der Waals surface area contributed by atoms with Crippen LogP contribution in [0.3, 0.4) is 0 Å². The Morgan fingerprint density at radius 3 is 1.50 bits per heavy atom. The zero-order valence-electron chi connectivity index (χ0n) is 21.8. The van der Waals surface area contributed by atoms with Crippen molar-refractivity contribution in [1.29, 1.82) is 0 Å². The third-order valence-corrected chi connectivity index (χ3v) is 7.79. The Balaban J connectivity index is 0.000000161. The van der Waals surface area contributed by atoms with Gasteiger partial charge in [-0.15, -0.1) is 0 Å². The number of piperazine rings is 2. The van der Waals surface area contributed by atoms with Crippen molar-refractivity contribution in [3.8, 4) is 0 Å². The largest absolute Gasteiger partial charge is 0.370 e. The Hall–Kier alpha value is -3.10. The maximum Gasteiger partial charge on any atom is 0.222 e. The van der Waals surface area contributed by atoms with E-state index in [2.05, 4.69) is 30.1 Å². The quantitative estimate of drug-likeness (QED) is 0.433. The zero-order chi connectivity index (χ0) is 28.2. The predicted octanol–water partition coefficient (Wildman–Crippen LogP) is 3.72. The van der Waals surface area contributed by atoms with Crippen molar-refractivity contribution in [3.63, 3.8) is 0 Å². The maximum absolute atomic E-state index is 13.9. The number of benzene rings is 2. The van der Waals surface area contributed by atoms with E-state index in [1.807, 2.05) is 0 Å². The summed E-state index contributed by atoms with van der Waals surface area (Å²) in [6.45, 7) is 21.3. The van der Waals surface area contributed by atoms with Crippen molar-refractivity contribution in [2.75, 3.05) is 65.6 Å². The number of ether oxygens (including phenoxy) is 2. The molecule has 212 valence electrons. The van der Waals surface area contributed by atoms with Crippen LogP contribution < -0.4 is 10.6 Å². The Morgan fingerprint density at radius 2 is 1.10 bits per heavy atom. The summed E-state index contributed by atoms with van der Waals surface area (Å²) in [6, 6.07) is 4.70. The van der Waals surface area contributed by atoms with Crippen LogP contribution in [0, 0.1) is 36.4 Å². The third kappa shape index (κ3) is 6.13. The first-order valence-corrected chi connectivity index (χ1v) is 13.2. The second-order valence-electron chi connectivity index (χ2n) is 10.2. The van der Waals surface area contributed by atoms with Crippen molar-refractivity contribution in [2.45, 2.75) is 24.3 Å². The van der Waals surface area contributed by atoms with Crippen LogP contribution >= 0.6 is 0 Å². The lowest BCUT2D eigenvalue weighted by Crippen LogP contribution is -2.57. The lowest BCUT2D eigenvalue weighted by atomic mass is 10.0. The van der Waals surface area contributed by atoms with E-state index in [1.54, 1.807) is 0 Å². The highest BCUT2D eigenvalue weighted by Crippen LogP contribution is 2.33. The van der Waals surface area contributed by atoms with Gasteiger partial charge in [0.15, 0.2) is 0 Å². The molecule has 0 amide bonds. The first-order valence-electron chi connectivity index (χ1n) is 13.2. The van der Waals surface area contributed by atoms with E-state index >= 15 is 0 Å². The molecule has 4 heterocycles. The highest BCUT2D eigenvalue weighted by atomic mass is 19.1. The molecule has 2 aromatic rings. The molecular formula is C28H30F4N6O2. The average Bonchev–Trinajstić information content (AvgIpc) is 2.97. The number of rotatable bonds is 2. The van der Waals surface area contributed by atoms with Gasteiger partial charge in [0.25, 0.3) is 0 Å². The molecule has 0 spiro atoms. The molecule has 4 aliphatic rings. The Kier molecular flexibility index (Phi) is 8.96. The number of halogens is 4. The lowest BCUT2D eigenvalue weighted by molar-refractivity contribution is -0.0730. The second kappa shape index (κ2) is 12.6. The molecule has 4 aliphatic heterocycles. The van der Waals surface area contributed by atoms with Crippen LogP contribution in [0.4, 0.5) is 28.9 Å². The third-order valence-electron chi connectivity index (χ3n) is 7.79. The van der Waals surface area contributed by atoms with E-state index in [1.165, 1.54) is 12.1 Å². The van der Waals surface area contributed by atoms with Gasteiger partial charge in [-0.25, -0.2) is 27.3 Å². The topological polar surface area (TPSA) is 57.7 Å². The number of fused-ring (bicyclic) bond motifs is 2. The lowest BCUT2D eigenvalue weighted by Gasteiger charge is -2.42. The van der Waals surface area contributed by atoms with E-state index in [9.17, 15) is 17.6 Å². The summed E-state index contributed by atoms with van der Waals surface area (Å²) in [6.07, 6.45) is -0.879. The molecule has 8 nitrogen and oxygen atoms in total. The summed E-state index contributed by atoms with van der Waals surface area (Å²) in [4.78, 5) is 10.7. The number of nitrogens with zero attached hydrogens (tertiary/aromatic N) is 4. The van der Waals surface area contributed by atoms with Crippen molar-refractivity contribution in [2.24, 2.45) is 0 Å². The summed E-state index contributed by atoms with van der Waals surface area (Å²) >= 11 is 0. The van der Waals surface area contributed by atoms with Gasteiger partial charge in [0.2, 0.25) is 11.4 Å². The molecule has 4 fully saturated rings. The monoisotopic (exact) mass is 558 g/mol. The molecule has 4 saturated heterocycles. The minimum Gasteiger partial charge on any atom is -0.370 e. The van der Waals surface area contributed by atoms with Crippen molar-refractivity contribution >= 4 is 11.4 Å². The van der Waals surface area contributed by atoms with E-state index in [-0.39, 0.29) is 22.5 Å². The fourth-order valence-corrected chi connectivity index (χ4v) is 5.55. The molecule has 0 aliphatic carbocycles. The number of hydrogen-bond acceptors (Lipinski definition) is 6. The number of hydrogen-bond donors (Lipinski definition) is 2. The normalized spacial score (nSPS) is 26.9. The van der Waals surface area contributed by atoms with Crippen molar-refractivity contribution in [3.05, 3.63) is 81.5 Å². The van der Waals surface area contributed by atoms with E-state index in [0.717, 1.165) is 51.4 Å². The molecular weight excluding hydrogens is 528 g/mol. The van der Waals surface area contributed by atoms with Crippen LogP contribution in [-0.2, 0) is 9.47 Å². The van der Waals surface area contributed by atoms with Gasteiger partial charge >= 0.3 is 0 Å². The minimum atomic E-state index is -0.822.